The molecule has 0 aromatic carbocycles. The summed E-state index contributed by atoms with van der Waals surface area (Å²) >= 11 is 1.45. The van der Waals surface area contributed by atoms with Crippen LogP contribution in [0.2, 0.25) is 0 Å². The van der Waals surface area contributed by atoms with Crippen LogP contribution in [0.25, 0.3) is 39.8 Å². The topological polar surface area (TPSA) is 185 Å². The molecule has 0 unspecified atom stereocenters. The largest absolute Gasteiger partial charge is 0.394 e. The van der Waals surface area contributed by atoms with Crippen molar-refractivity contribution in [3.05, 3.63) is 75.4 Å². The van der Waals surface area contributed by atoms with E-state index in [1.165, 1.54) is 27.8 Å². The zero-order valence-corrected chi connectivity index (χ0v) is 34.7. The first kappa shape index (κ1) is 41.7. The molecule has 56 heavy (non-hydrogen) atoms. The van der Waals surface area contributed by atoms with Gasteiger partial charge in [0.1, 0.15) is 34.7 Å². The summed E-state index contributed by atoms with van der Waals surface area (Å²) < 4.78 is 18.3. The van der Waals surface area contributed by atoms with Crippen LogP contribution in [-0.2, 0) is 27.2 Å². The lowest BCUT2D eigenvalue weighted by Gasteiger charge is -2.39. The maximum atomic E-state index is 13.8. The van der Waals surface area contributed by atoms with Crippen LogP contribution in [-0.4, -0.2) is 116 Å². The molecule has 1 saturated heterocycles. The second-order valence-electron chi connectivity index (χ2n) is 15.0. The summed E-state index contributed by atoms with van der Waals surface area (Å²) in [6.07, 6.45) is 0.342. The molecule has 12 nitrogen and oxygen atoms in total. The van der Waals surface area contributed by atoms with Gasteiger partial charge in [0.2, 0.25) is 0 Å². The van der Waals surface area contributed by atoms with Gasteiger partial charge in [0.25, 0.3) is 5.91 Å². The van der Waals surface area contributed by atoms with Crippen molar-refractivity contribution in [2.75, 3.05) is 26.0 Å². The van der Waals surface area contributed by atoms with Gasteiger partial charge in [-0.25, -0.2) is 9.19 Å². The third-order valence-corrected chi connectivity index (χ3v) is 13.3. The Morgan fingerprint density at radius 3 is 2.38 bits per heavy atom. The monoisotopic (exact) mass is 803 g/mol. The summed E-state index contributed by atoms with van der Waals surface area (Å²) in [6, 6.07) is 6.32. The fourth-order valence-electron chi connectivity index (χ4n) is 7.95. The highest BCUT2D eigenvalue weighted by Crippen LogP contribution is 2.42. The molecular formula is C42H53N5O7S2. The number of H-pyrrole nitrogens is 2. The number of aliphatic hydroxyl groups is 4. The summed E-state index contributed by atoms with van der Waals surface area (Å²) in [6.45, 7) is 16.5. The lowest BCUT2D eigenvalue weighted by Crippen LogP contribution is -2.57. The molecule has 300 valence electrons. The van der Waals surface area contributed by atoms with E-state index in [0.717, 1.165) is 73.5 Å². The molecule has 0 spiro atoms. The van der Waals surface area contributed by atoms with E-state index < -0.39 is 36.5 Å². The first-order chi connectivity index (χ1) is 26.7. The second kappa shape index (κ2) is 17.3. The summed E-state index contributed by atoms with van der Waals surface area (Å²) in [5, 5.41) is 40.1. The van der Waals surface area contributed by atoms with E-state index in [9.17, 15) is 29.4 Å². The summed E-state index contributed by atoms with van der Waals surface area (Å²) in [5.74, 6) is -0.294. The third kappa shape index (κ3) is 7.97. The Hall–Kier alpha value is -3.89. The van der Waals surface area contributed by atoms with E-state index in [1.54, 1.807) is 7.05 Å². The summed E-state index contributed by atoms with van der Waals surface area (Å²) in [4.78, 5) is 33.1. The van der Waals surface area contributed by atoms with Crippen molar-refractivity contribution in [2.45, 2.75) is 102 Å². The number of hydrogen-bond donors (Lipinski definition) is 6. The predicted molar refractivity (Wildman–Crippen MR) is 226 cm³/mol. The van der Waals surface area contributed by atoms with Gasteiger partial charge in [-0.2, -0.15) is 0 Å². The van der Waals surface area contributed by atoms with Crippen molar-refractivity contribution in [2.24, 2.45) is 0 Å². The minimum absolute atomic E-state index is 0.130. The number of aliphatic hydroxyl groups excluding tert-OH is 4. The van der Waals surface area contributed by atoms with Crippen molar-refractivity contribution in [1.29, 1.82) is 0 Å². The number of ether oxygens (including phenoxy) is 1. The van der Waals surface area contributed by atoms with E-state index in [-0.39, 0.29) is 40.3 Å². The van der Waals surface area contributed by atoms with Gasteiger partial charge in [0.15, 0.2) is 0 Å². The fourth-order valence-corrected chi connectivity index (χ4v) is 9.53. The van der Waals surface area contributed by atoms with Gasteiger partial charge in [-0.3, -0.25) is 9.78 Å². The van der Waals surface area contributed by atoms with Crippen LogP contribution in [0.4, 0.5) is 0 Å². The van der Waals surface area contributed by atoms with Gasteiger partial charge < -0.3 is 40.0 Å². The number of fused-ring (bicyclic) bond motifs is 8. The van der Waals surface area contributed by atoms with Crippen LogP contribution in [0.3, 0.4) is 0 Å². The maximum Gasteiger partial charge on any atom is 0.262 e. The molecule has 3 aliphatic heterocycles. The van der Waals surface area contributed by atoms with Gasteiger partial charge in [-0.1, -0.05) is 26.5 Å². The van der Waals surface area contributed by atoms with Crippen LogP contribution >= 0.6 is 11.8 Å². The smallest absolute Gasteiger partial charge is 0.262 e. The molecule has 6 rings (SSSR count). The number of aryl methyl sites for hydroxylation is 3. The number of aromatic nitrogens is 4. The molecule has 7 atom stereocenters. The van der Waals surface area contributed by atoms with Crippen molar-refractivity contribution >= 4 is 73.6 Å². The molecule has 1 fully saturated rings. The highest BCUT2D eigenvalue weighted by atomic mass is 32.2. The Labute approximate surface area is 335 Å². The first-order valence-corrected chi connectivity index (χ1v) is 20.9. The number of carbonyl (C=O) groups is 1. The van der Waals surface area contributed by atoms with Gasteiger partial charge in [-0.15, -0.1) is 11.8 Å². The van der Waals surface area contributed by atoms with E-state index in [4.69, 9.17) is 14.7 Å². The molecule has 0 aliphatic carbocycles. The number of rotatable bonds is 11. The van der Waals surface area contributed by atoms with Crippen molar-refractivity contribution in [1.82, 2.24) is 24.8 Å². The molecule has 6 N–H and O–H groups in total. The molecule has 1 amide bonds. The van der Waals surface area contributed by atoms with Crippen LogP contribution < -0.4 is 0 Å². The van der Waals surface area contributed by atoms with E-state index >= 15 is 0 Å². The van der Waals surface area contributed by atoms with Crippen LogP contribution in [0.1, 0.15) is 96.0 Å². The Kier molecular flexibility index (Phi) is 12.9. The predicted octanol–water partition coefficient (Wildman–Crippen LogP) is 5.05. The lowest BCUT2D eigenvalue weighted by atomic mass is 9.85. The Bertz CT molecular complexity index is 2270. The number of allylic oxidation sites excluding steroid dienone is 1. The normalized spacial score (nSPS) is 23.5. The first-order valence-electron chi connectivity index (χ1n) is 19.1. The molecule has 0 saturated carbocycles. The second-order valence-corrected chi connectivity index (χ2v) is 16.9. The number of thioether (sulfide) groups is 1. The van der Waals surface area contributed by atoms with Crippen LogP contribution in [0, 0.1) is 20.8 Å². The average molecular weight is 804 g/mol. The number of nitrogens with one attached hydrogen (secondary N) is 2. The quantitative estimate of drug-likeness (QED) is 0.113. The molecule has 8 bridgehead atoms. The minimum atomic E-state index is -1.44. The minimum Gasteiger partial charge on any atom is -0.394 e. The van der Waals surface area contributed by atoms with Crippen molar-refractivity contribution in [3.63, 3.8) is 0 Å². The summed E-state index contributed by atoms with van der Waals surface area (Å²) in [5.41, 5.74) is 12.7. The van der Waals surface area contributed by atoms with E-state index in [0.29, 0.717) is 18.7 Å². The zero-order valence-electron chi connectivity index (χ0n) is 33.0. The molecular weight excluding hydrogens is 751 g/mol. The average Bonchev–Trinajstić information content (AvgIpc) is 3.89. The zero-order chi connectivity index (χ0) is 40.6. The van der Waals surface area contributed by atoms with Gasteiger partial charge in [-0.05, 0) is 105 Å². The van der Waals surface area contributed by atoms with Crippen molar-refractivity contribution in [3.8, 4) is 0 Å². The number of hydrogen-bond acceptors (Lipinski definition) is 10. The van der Waals surface area contributed by atoms with Gasteiger partial charge in [0, 0.05) is 64.4 Å². The Morgan fingerprint density at radius 1 is 0.982 bits per heavy atom. The van der Waals surface area contributed by atoms with Crippen LogP contribution in [0.15, 0.2) is 24.8 Å². The number of amides is 1. The standard InChI is InChI=1S/C42H53N5O7S2/c1-9-25-22(5)31-18-34-26(10-2)21(4)30(44-34)17-32-23(6)27(37(46-32)24(7)29-14-20(3)28(43-29)16-33(25)45-31)15-36(56-53)41(52)47(8)12-11-13-55-42-40(51)39(50)38(49)35(19-48)54-42/h10,14,16-18,23,27,35,38-40,42,44-45,48-51H,2,9,11-13,15,19H2,1,3-8H3/t23-,27-,35+,38+,39-,40+,42-/m0/s1. The molecule has 14 heteroatoms. The highest BCUT2D eigenvalue weighted by Gasteiger charge is 2.43. The lowest BCUT2D eigenvalue weighted by molar-refractivity contribution is -0.205. The fraction of sp³-hybridized carbons (Fsp3) is 0.476. The SMILES string of the molecule is C=Cc1c(C)c2cc3nc(c(C)c4nc(cc5[nH]c(cc1[nH]2)c(C)c5CC)C(C)=C4)[C@@H](CC(=S=O)C(=O)N(C)CCCS[C@@H]1O[C@H](CO)[C@@H](O)[C@H](O)[C@H]1O)[C@@H]3C. The van der Waals surface area contributed by atoms with Crippen molar-refractivity contribution < 1.29 is 34.2 Å². The molecule has 3 aromatic rings. The highest BCUT2D eigenvalue weighted by molar-refractivity contribution is 7.99. The molecule has 3 aliphatic rings. The number of carbonyl (C=O) groups excluding carboxylic acids is 1. The molecule has 0 radical (unpaired) electrons. The van der Waals surface area contributed by atoms with Gasteiger partial charge in [0.05, 0.1) is 29.3 Å². The third-order valence-electron chi connectivity index (χ3n) is 11.5. The van der Waals surface area contributed by atoms with E-state index in [1.807, 2.05) is 13.0 Å². The van der Waals surface area contributed by atoms with Gasteiger partial charge >= 0.3 is 0 Å². The number of aromatic amines is 2. The summed E-state index contributed by atoms with van der Waals surface area (Å²) in [7, 11) is 1.66. The Balaban J connectivity index is 1.32. The maximum absolute atomic E-state index is 13.8. The Morgan fingerprint density at radius 2 is 1.70 bits per heavy atom. The molecule has 6 heterocycles. The van der Waals surface area contributed by atoms with Crippen LogP contribution in [0.5, 0.6) is 0 Å². The number of nitrogens with zero attached hydrogens (tertiary/aromatic N) is 3. The molecule has 3 aromatic heterocycles. The van der Waals surface area contributed by atoms with E-state index in [2.05, 4.69) is 75.4 Å².